The van der Waals surface area contributed by atoms with Crippen LogP contribution in [0.4, 0.5) is 52.5 Å². The summed E-state index contributed by atoms with van der Waals surface area (Å²) in [5, 5.41) is 20.1. The first-order valence-electron chi connectivity index (χ1n) is 13.7. The van der Waals surface area contributed by atoms with Gasteiger partial charge in [-0.05, 0) is 74.2 Å². The number of nitrogens with zero attached hydrogens (tertiary/aromatic N) is 2. The SMILES string of the molecule is CC1(C)Cc2cccc(NC(=O)Nc3ccc4cc3CCc3cccc(c3)Nc3ncc(Cl)c(n3)N4)c2O1.O=C(O)C(F)(F)F. The number of nitrogens with one attached hydrogen (secondary N) is 4. The third-order valence-corrected chi connectivity index (χ3v) is 7.08. The number of carboxylic acid groups (broad SMARTS) is 1. The molecule has 234 valence electrons. The summed E-state index contributed by atoms with van der Waals surface area (Å²) in [6, 6.07) is 19.4. The van der Waals surface area contributed by atoms with Crippen molar-refractivity contribution in [2.75, 3.05) is 21.3 Å². The number of carboxylic acids is 1. The number of hydrogen-bond acceptors (Lipinski definition) is 7. The molecule has 0 saturated carbocycles. The van der Waals surface area contributed by atoms with Crippen LogP contribution in [0.25, 0.3) is 0 Å². The summed E-state index contributed by atoms with van der Waals surface area (Å²) in [4.78, 5) is 30.8. The molecule has 14 heteroatoms. The number of carbonyl (C=O) groups is 2. The maximum Gasteiger partial charge on any atom is 0.490 e. The van der Waals surface area contributed by atoms with E-state index in [9.17, 15) is 18.0 Å². The van der Waals surface area contributed by atoms with Crippen LogP contribution in [0.2, 0.25) is 5.02 Å². The van der Waals surface area contributed by atoms with Gasteiger partial charge in [0.2, 0.25) is 5.95 Å². The average molecular weight is 641 g/mol. The summed E-state index contributed by atoms with van der Waals surface area (Å²) < 4.78 is 37.8. The number of anilines is 6. The van der Waals surface area contributed by atoms with Crippen LogP contribution >= 0.6 is 11.6 Å². The standard InChI is InChI=1S/C29H27ClN6O2.C2HF3O2/c1-29(2)15-19-6-4-8-24(25(19)38-29)35-28(37)34-23-12-11-21-14-18(23)10-9-17-5-3-7-20(13-17)33-27-31-16-22(30)26(32-21)36-27;3-2(4,5)1(6)7/h3-8,11-14,16H,9-10,15H2,1-2H3,(H2,34,35,37)(H2,31,32,33,36);(H,6,7). The van der Waals surface area contributed by atoms with E-state index in [1.54, 1.807) is 6.20 Å². The van der Waals surface area contributed by atoms with Gasteiger partial charge in [0.05, 0.1) is 11.9 Å². The molecule has 2 aliphatic heterocycles. The zero-order chi connectivity index (χ0) is 32.4. The maximum absolute atomic E-state index is 13.1. The van der Waals surface area contributed by atoms with E-state index in [0.717, 1.165) is 52.3 Å². The van der Waals surface area contributed by atoms with Crippen molar-refractivity contribution in [3.8, 4) is 5.75 Å². The zero-order valence-corrected chi connectivity index (χ0v) is 24.8. The van der Waals surface area contributed by atoms with Gasteiger partial charge in [0.15, 0.2) is 5.82 Å². The number of benzene rings is 3. The number of aromatic nitrogens is 2. The minimum Gasteiger partial charge on any atom is -0.485 e. The number of halogens is 4. The van der Waals surface area contributed by atoms with E-state index >= 15 is 0 Å². The lowest BCUT2D eigenvalue weighted by Gasteiger charge is -2.19. The number of amides is 2. The van der Waals surface area contributed by atoms with E-state index in [1.165, 1.54) is 0 Å². The zero-order valence-electron chi connectivity index (χ0n) is 24.1. The predicted molar refractivity (Wildman–Crippen MR) is 165 cm³/mol. The van der Waals surface area contributed by atoms with E-state index in [2.05, 4.69) is 43.4 Å². The second kappa shape index (κ2) is 12.5. The summed E-state index contributed by atoms with van der Waals surface area (Å²) in [6.45, 7) is 4.09. The van der Waals surface area contributed by atoms with Crippen LogP contribution in [0, 0.1) is 0 Å². The lowest BCUT2D eigenvalue weighted by atomic mass is 10.0. The number of rotatable bonds is 2. The van der Waals surface area contributed by atoms with Gasteiger partial charge < -0.3 is 31.1 Å². The largest absolute Gasteiger partial charge is 0.490 e. The highest BCUT2D eigenvalue weighted by Gasteiger charge is 2.38. The molecule has 0 spiro atoms. The molecule has 1 aromatic heterocycles. The highest BCUT2D eigenvalue weighted by atomic mass is 35.5. The Morgan fingerprint density at radius 2 is 1.67 bits per heavy atom. The van der Waals surface area contributed by atoms with Crippen molar-refractivity contribution in [3.63, 3.8) is 0 Å². The third kappa shape index (κ3) is 7.92. The summed E-state index contributed by atoms with van der Waals surface area (Å²) >= 11 is 6.38. The number of aliphatic carboxylic acids is 1. The molecule has 0 saturated heterocycles. The molecule has 5 N–H and O–H groups in total. The summed E-state index contributed by atoms with van der Waals surface area (Å²) in [6.07, 6.45) is -1.23. The van der Waals surface area contributed by atoms with Crippen molar-refractivity contribution >= 4 is 58.1 Å². The second-order valence-corrected chi connectivity index (χ2v) is 11.3. The summed E-state index contributed by atoms with van der Waals surface area (Å²) in [7, 11) is 0. The highest BCUT2D eigenvalue weighted by molar-refractivity contribution is 6.32. The second-order valence-electron chi connectivity index (χ2n) is 10.9. The monoisotopic (exact) mass is 640 g/mol. The molecule has 4 aromatic rings. The van der Waals surface area contributed by atoms with Gasteiger partial charge in [-0.3, -0.25) is 0 Å². The highest BCUT2D eigenvalue weighted by Crippen LogP contribution is 2.40. The lowest BCUT2D eigenvalue weighted by Crippen LogP contribution is -2.25. The maximum atomic E-state index is 13.1. The minimum atomic E-state index is -5.08. The van der Waals surface area contributed by atoms with Crippen molar-refractivity contribution < 1.29 is 32.6 Å². The Bertz CT molecular complexity index is 1770. The fourth-order valence-corrected chi connectivity index (χ4v) is 4.99. The fraction of sp³-hybridized carbons (Fsp3) is 0.226. The Kier molecular flexibility index (Phi) is 8.73. The summed E-state index contributed by atoms with van der Waals surface area (Å²) in [5.74, 6) is -1.09. The molecule has 0 fully saturated rings. The van der Waals surface area contributed by atoms with Gasteiger partial charge in [-0.1, -0.05) is 35.9 Å². The minimum absolute atomic E-state index is 0.297. The Morgan fingerprint density at radius 3 is 2.42 bits per heavy atom. The van der Waals surface area contributed by atoms with Gasteiger partial charge in [-0.2, -0.15) is 18.2 Å². The Labute approximate surface area is 261 Å². The van der Waals surface area contributed by atoms with Crippen molar-refractivity contribution in [3.05, 3.63) is 88.6 Å². The van der Waals surface area contributed by atoms with Crippen LogP contribution in [0.1, 0.15) is 30.5 Å². The molecule has 10 nitrogen and oxygen atoms in total. The van der Waals surface area contributed by atoms with Crippen molar-refractivity contribution in [1.82, 2.24) is 9.97 Å². The smallest absolute Gasteiger partial charge is 0.485 e. The number of aryl methyl sites for hydroxylation is 2. The molecule has 3 aromatic carbocycles. The number of fused-ring (bicyclic) bond motifs is 7. The van der Waals surface area contributed by atoms with Crippen LogP contribution in [0.3, 0.4) is 0 Å². The Morgan fingerprint density at radius 1 is 0.956 bits per heavy atom. The van der Waals surface area contributed by atoms with E-state index in [1.807, 2.05) is 62.4 Å². The molecule has 6 rings (SSSR count). The van der Waals surface area contributed by atoms with E-state index < -0.39 is 12.1 Å². The normalized spacial score (nSPS) is 14.3. The first-order chi connectivity index (χ1) is 21.3. The van der Waals surface area contributed by atoms with E-state index in [4.69, 9.17) is 26.2 Å². The quantitative estimate of drug-likeness (QED) is 0.150. The molecule has 2 aliphatic rings. The first kappa shape index (κ1) is 31.4. The molecular formula is C31H28ClF3N6O4. The molecule has 2 amide bonds. The van der Waals surface area contributed by atoms with Gasteiger partial charge in [0.25, 0.3) is 0 Å². The van der Waals surface area contributed by atoms with Crippen molar-refractivity contribution in [2.24, 2.45) is 0 Å². The van der Waals surface area contributed by atoms with Gasteiger partial charge in [0.1, 0.15) is 16.4 Å². The van der Waals surface area contributed by atoms with E-state index in [-0.39, 0.29) is 11.6 Å². The van der Waals surface area contributed by atoms with Gasteiger partial charge in [0, 0.05) is 29.0 Å². The van der Waals surface area contributed by atoms with Crippen LogP contribution in [-0.2, 0) is 24.1 Å². The van der Waals surface area contributed by atoms with Crippen LogP contribution in [-0.4, -0.2) is 38.9 Å². The van der Waals surface area contributed by atoms with Gasteiger partial charge in [-0.15, -0.1) is 0 Å². The van der Waals surface area contributed by atoms with Crippen LogP contribution < -0.4 is 26.0 Å². The van der Waals surface area contributed by atoms with Gasteiger partial charge in [-0.25, -0.2) is 14.6 Å². The summed E-state index contributed by atoms with van der Waals surface area (Å²) in [5.41, 5.74) is 5.99. The first-order valence-corrected chi connectivity index (χ1v) is 14.1. The third-order valence-electron chi connectivity index (χ3n) is 6.81. The fourth-order valence-electron chi connectivity index (χ4n) is 4.85. The molecule has 6 bridgehead atoms. The number of urea groups is 1. The molecule has 0 unspecified atom stereocenters. The molecular weight excluding hydrogens is 613 g/mol. The molecule has 0 atom stereocenters. The molecule has 0 radical (unpaired) electrons. The average Bonchev–Trinajstić information content (AvgIpc) is 3.29. The Hall–Kier alpha value is -5.04. The van der Waals surface area contributed by atoms with Crippen molar-refractivity contribution in [2.45, 2.75) is 44.9 Å². The van der Waals surface area contributed by atoms with Crippen LogP contribution in [0.15, 0.2) is 66.9 Å². The number of para-hydroxylation sites is 1. The number of alkyl halides is 3. The molecule has 45 heavy (non-hydrogen) atoms. The molecule has 3 heterocycles. The van der Waals surface area contributed by atoms with Crippen molar-refractivity contribution in [1.29, 1.82) is 0 Å². The number of carbonyl (C=O) groups excluding carboxylic acids is 1. The molecule has 0 aliphatic carbocycles. The van der Waals surface area contributed by atoms with Gasteiger partial charge >= 0.3 is 18.2 Å². The lowest BCUT2D eigenvalue weighted by molar-refractivity contribution is -0.192. The Balaban J connectivity index is 0.000000515. The van der Waals surface area contributed by atoms with E-state index in [0.29, 0.717) is 28.9 Å². The number of ether oxygens (including phenoxy) is 1. The van der Waals surface area contributed by atoms with Crippen LogP contribution in [0.5, 0.6) is 5.75 Å². The topological polar surface area (TPSA) is 138 Å². The predicted octanol–water partition coefficient (Wildman–Crippen LogP) is 7.71. The number of hydrogen-bond donors (Lipinski definition) is 5.